The summed E-state index contributed by atoms with van der Waals surface area (Å²) >= 11 is 0. The van der Waals surface area contributed by atoms with Gasteiger partial charge in [-0.2, -0.15) is 10.4 Å². The Hall–Kier alpha value is -3.53. The summed E-state index contributed by atoms with van der Waals surface area (Å²) < 4.78 is 7.68. The van der Waals surface area contributed by atoms with Crippen molar-refractivity contribution in [3.63, 3.8) is 0 Å². The number of nitriles is 1. The van der Waals surface area contributed by atoms with Crippen LogP contribution in [0.3, 0.4) is 0 Å². The van der Waals surface area contributed by atoms with E-state index in [4.69, 9.17) is 10.2 Å². The fraction of sp³-hybridized carbons (Fsp3) is 0.250. The number of benzene rings is 1. The first kappa shape index (κ1) is 16.9. The lowest BCUT2D eigenvalue weighted by atomic mass is 9.87. The number of anilines is 1. The summed E-state index contributed by atoms with van der Waals surface area (Å²) in [6.07, 6.45) is 3.43. The van der Waals surface area contributed by atoms with E-state index in [1.807, 2.05) is 41.9 Å². The van der Waals surface area contributed by atoms with E-state index in [-0.39, 0.29) is 0 Å². The van der Waals surface area contributed by atoms with E-state index in [1.165, 1.54) is 0 Å². The Morgan fingerprint density at radius 3 is 2.81 bits per heavy atom. The molecule has 0 bridgehead atoms. The first-order chi connectivity index (χ1) is 13.1. The summed E-state index contributed by atoms with van der Waals surface area (Å²) in [5.41, 5.74) is 9.99. The van der Waals surface area contributed by atoms with Crippen LogP contribution in [0.4, 0.5) is 5.88 Å². The van der Waals surface area contributed by atoms with Crippen LogP contribution in [0.15, 0.2) is 52.3 Å². The molecular weight excluding hydrogens is 340 g/mol. The average molecular weight is 360 g/mol. The lowest BCUT2D eigenvalue weighted by Crippen LogP contribution is -2.23. The van der Waals surface area contributed by atoms with Gasteiger partial charge in [0.25, 0.3) is 0 Å². The maximum absolute atomic E-state index is 9.73. The third-order valence-corrected chi connectivity index (χ3v) is 4.74. The Bertz CT molecular complexity index is 1050. The molecule has 0 saturated heterocycles. The van der Waals surface area contributed by atoms with Crippen molar-refractivity contribution in [1.82, 2.24) is 14.8 Å². The highest BCUT2D eigenvalue weighted by molar-refractivity contribution is 5.61. The lowest BCUT2D eigenvalue weighted by Gasteiger charge is -2.22. The minimum absolute atomic E-state index is 0.293. The second-order valence-corrected chi connectivity index (χ2v) is 6.50. The number of aromatic nitrogens is 3. The number of nitrogens with zero attached hydrogens (tertiary/aromatic N) is 4. The van der Waals surface area contributed by atoms with E-state index >= 15 is 0 Å². The molecule has 1 aliphatic heterocycles. The topological polar surface area (TPSA) is 106 Å². The summed E-state index contributed by atoms with van der Waals surface area (Å²) in [6.45, 7) is 4.05. The molecule has 136 valence electrons. The number of nitrogens with one attached hydrogen (secondary N) is 1. The molecule has 27 heavy (non-hydrogen) atoms. The van der Waals surface area contributed by atoms with Gasteiger partial charge in [-0.3, -0.25) is 0 Å². The minimum atomic E-state index is -0.405. The molecule has 7 nitrogen and oxygen atoms in total. The predicted octanol–water partition coefficient (Wildman–Crippen LogP) is 3.37. The molecule has 1 atom stereocenters. The third kappa shape index (κ3) is 2.75. The Labute approximate surface area is 157 Å². The first-order valence-corrected chi connectivity index (χ1v) is 8.90. The van der Waals surface area contributed by atoms with Crippen molar-refractivity contribution >= 4 is 5.88 Å². The number of hydrogen-bond donors (Lipinski definition) is 2. The number of fused-ring (bicyclic) bond motifs is 1. The smallest absolute Gasteiger partial charge is 0.223 e. The third-order valence-electron chi connectivity index (χ3n) is 4.74. The van der Waals surface area contributed by atoms with Gasteiger partial charge in [0, 0.05) is 17.7 Å². The molecular formula is C20H20N6O. The van der Waals surface area contributed by atoms with Crippen LogP contribution in [0.25, 0.3) is 5.69 Å². The van der Waals surface area contributed by atoms with Crippen LogP contribution in [0.1, 0.15) is 42.1 Å². The summed E-state index contributed by atoms with van der Waals surface area (Å²) in [4.78, 5) is 4.65. The van der Waals surface area contributed by atoms with Crippen LogP contribution in [0, 0.1) is 18.3 Å². The first-order valence-electron chi connectivity index (χ1n) is 8.90. The molecule has 0 saturated carbocycles. The maximum atomic E-state index is 9.73. The molecule has 1 aromatic carbocycles. The van der Waals surface area contributed by atoms with Gasteiger partial charge in [-0.1, -0.05) is 25.1 Å². The second-order valence-electron chi connectivity index (χ2n) is 6.50. The Morgan fingerprint density at radius 1 is 1.33 bits per heavy atom. The van der Waals surface area contributed by atoms with E-state index < -0.39 is 5.92 Å². The van der Waals surface area contributed by atoms with Crippen LogP contribution in [-0.4, -0.2) is 14.8 Å². The highest BCUT2D eigenvalue weighted by Crippen LogP contribution is 2.41. The standard InChI is InChI=1S/C20H20N6O/c1-3-7-16-24-18-17(14(10-21)19(22)25-20(18)27-16)15-11-23-26(12(15)2)13-8-5-4-6-9-13/h4-6,8-9,11,17,25H,3,7,22H2,1-2H3. The summed E-state index contributed by atoms with van der Waals surface area (Å²) in [5, 5.41) is 17.2. The van der Waals surface area contributed by atoms with Gasteiger partial charge in [0.1, 0.15) is 11.5 Å². The number of rotatable bonds is 4. The van der Waals surface area contributed by atoms with Crippen molar-refractivity contribution in [3.05, 3.63) is 70.8 Å². The van der Waals surface area contributed by atoms with Crippen molar-refractivity contribution in [2.45, 2.75) is 32.6 Å². The van der Waals surface area contributed by atoms with Crippen molar-refractivity contribution in [3.8, 4) is 11.8 Å². The summed E-state index contributed by atoms with van der Waals surface area (Å²) in [6, 6.07) is 12.1. The van der Waals surface area contributed by atoms with Gasteiger partial charge in [-0.15, -0.1) is 0 Å². The van der Waals surface area contributed by atoms with E-state index in [0.717, 1.165) is 29.8 Å². The predicted molar refractivity (Wildman–Crippen MR) is 101 cm³/mol. The van der Waals surface area contributed by atoms with E-state index in [9.17, 15) is 5.26 Å². The highest BCUT2D eigenvalue weighted by atomic mass is 16.4. The normalized spacial score (nSPS) is 16.0. The fourth-order valence-electron chi connectivity index (χ4n) is 3.43. The van der Waals surface area contributed by atoms with Gasteiger partial charge >= 0.3 is 0 Å². The minimum Gasteiger partial charge on any atom is -0.425 e. The van der Waals surface area contributed by atoms with Gasteiger partial charge in [-0.25, -0.2) is 9.67 Å². The molecule has 1 unspecified atom stereocenters. The summed E-state index contributed by atoms with van der Waals surface area (Å²) in [5.74, 6) is 1.03. The zero-order valence-electron chi connectivity index (χ0n) is 15.2. The number of aryl methyl sites for hydroxylation is 1. The molecule has 7 heteroatoms. The van der Waals surface area contributed by atoms with E-state index in [0.29, 0.717) is 28.9 Å². The van der Waals surface area contributed by atoms with Gasteiger partial charge in [-0.05, 0) is 25.5 Å². The molecule has 4 rings (SSSR count). The zero-order valence-corrected chi connectivity index (χ0v) is 15.2. The average Bonchev–Trinajstić information content (AvgIpc) is 3.24. The largest absolute Gasteiger partial charge is 0.425 e. The van der Waals surface area contributed by atoms with Crippen LogP contribution in [-0.2, 0) is 6.42 Å². The van der Waals surface area contributed by atoms with Gasteiger partial charge in [0.05, 0.1) is 29.4 Å². The molecule has 0 radical (unpaired) electrons. The number of allylic oxidation sites excluding steroid dienone is 1. The van der Waals surface area contributed by atoms with Crippen LogP contribution < -0.4 is 11.1 Å². The van der Waals surface area contributed by atoms with Crippen LogP contribution in [0.5, 0.6) is 0 Å². The number of oxazole rings is 1. The molecule has 0 fully saturated rings. The van der Waals surface area contributed by atoms with Crippen LogP contribution >= 0.6 is 0 Å². The van der Waals surface area contributed by atoms with Crippen LogP contribution in [0.2, 0.25) is 0 Å². The van der Waals surface area contributed by atoms with Crippen molar-refractivity contribution in [1.29, 1.82) is 5.26 Å². The highest BCUT2D eigenvalue weighted by Gasteiger charge is 2.35. The molecule has 0 amide bonds. The van der Waals surface area contributed by atoms with E-state index in [2.05, 4.69) is 28.4 Å². The summed E-state index contributed by atoms with van der Waals surface area (Å²) in [7, 11) is 0. The SMILES string of the molecule is CCCc1nc2c(o1)NC(N)=C(C#N)C2c1cnn(-c2ccccc2)c1C. The lowest BCUT2D eigenvalue weighted by molar-refractivity contribution is 0.503. The van der Waals surface area contributed by atoms with Gasteiger partial charge in [0.2, 0.25) is 5.88 Å². The molecule has 3 aromatic rings. The molecule has 3 N–H and O–H groups in total. The molecule has 2 aromatic heterocycles. The number of nitrogens with two attached hydrogens (primary N) is 1. The monoisotopic (exact) mass is 360 g/mol. The molecule has 3 heterocycles. The second kappa shape index (κ2) is 6.65. The van der Waals surface area contributed by atoms with E-state index in [1.54, 1.807) is 6.20 Å². The Balaban J connectivity index is 1.85. The van der Waals surface area contributed by atoms with Gasteiger partial charge in [0.15, 0.2) is 5.89 Å². The molecule has 1 aliphatic rings. The van der Waals surface area contributed by atoms with Crippen molar-refractivity contribution in [2.75, 3.05) is 5.32 Å². The molecule has 0 aliphatic carbocycles. The number of hydrogen-bond acceptors (Lipinski definition) is 6. The zero-order chi connectivity index (χ0) is 19.0. The molecule has 0 spiro atoms. The Morgan fingerprint density at radius 2 is 2.11 bits per heavy atom. The van der Waals surface area contributed by atoms with Crippen molar-refractivity contribution in [2.24, 2.45) is 5.73 Å². The fourth-order valence-corrected chi connectivity index (χ4v) is 3.43. The quantitative estimate of drug-likeness (QED) is 0.739. The number of para-hydroxylation sites is 1. The maximum Gasteiger partial charge on any atom is 0.223 e. The van der Waals surface area contributed by atoms with Gasteiger partial charge < -0.3 is 15.5 Å². The van der Waals surface area contributed by atoms with Crippen molar-refractivity contribution < 1.29 is 4.42 Å². The Kier molecular flexibility index (Phi) is 4.16.